The third kappa shape index (κ3) is 3.68. The molecule has 0 saturated carbocycles. The summed E-state index contributed by atoms with van der Waals surface area (Å²) in [5, 5.41) is 1.09. The molecule has 24 heavy (non-hydrogen) atoms. The summed E-state index contributed by atoms with van der Waals surface area (Å²) >= 11 is 1.72. The van der Waals surface area contributed by atoms with Gasteiger partial charge >= 0.3 is 0 Å². The van der Waals surface area contributed by atoms with Crippen molar-refractivity contribution in [1.82, 2.24) is 9.88 Å². The lowest BCUT2D eigenvalue weighted by molar-refractivity contribution is -0.135. The van der Waals surface area contributed by atoms with Crippen molar-refractivity contribution in [3.63, 3.8) is 0 Å². The van der Waals surface area contributed by atoms with Crippen LogP contribution in [0.3, 0.4) is 0 Å². The van der Waals surface area contributed by atoms with Crippen LogP contribution < -0.4 is 0 Å². The molecule has 1 heterocycles. The van der Waals surface area contributed by atoms with Gasteiger partial charge in [0.05, 0.1) is 21.1 Å². The molecule has 4 nitrogen and oxygen atoms in total. The fourth-order valence-corrected chi connectivity index (χ4v) is 4.39. The number of ether oxygens (including phenoxy) is 1. The zero-order valence-electron chi connectivity index (χ0n) is 14.3. The number of methoxy groups -OCH3 is 1. The van der Waals surface area contributed by atoms with Crippen molar-refractivity contribution in [1.29, 1.82) is 0 Å². The van der Waals surface area contributed by atoms with Crippen molar-refractivity contribution in [2.45, 2.75) is 25.2 Å². The molecule has 0 aliphatic heterocycles. The van der Waals surface area contributed by atoms with Gasteiger partial charge in [-0.25, -0.2) is 4.98 Å². The van der Waals surface area contributed by atoms with Crippen LogP contribution in [0.4, 0.5) is 0 Å². The summed E-state index contributed by atoms with van der Waals surface area (Å²) in [6, 6.07) is 8.20. The number of allylic oxidation sites excluding steroid dienone is 2. The third-order valence-electron chi connectivity index (χ3n) is 4.60. The molecule has 1 aliphatic carbocycles. The molecule has 0 radical (unpaired) electrons. The number of benzene rings is 1. The lowest BCUT2D eigenvalue weighted by Crippen LogP contribution is -2.37. The Morgan fingerprint density at radius 1 is 1.33 bits per heavy atom. The van der Waals surface area contributed by atoms with E-state index in [2.05, 4.69) is 18.2 Å². The Labute approximate surface area is 147 Å². The first-order chi connectivity index (χ1) is 11.7. The van der Waals surface area contributed by atoms with E-state index in [1.807, 2.05) is 30.1 Å². The molecule has 0 spiro atoms. The van der Waals surface area contributed by atoms with Gasteiger partial charge in [0.25, 0.3) is 0 Å². The van der Waals surface area contributed by atoms with Gasteiger partial charge in [-0.05, 0) is 31.4 Å². The average Bonchev–Trinajstić information content (AvgIpc) is 3.05. The summed E-state index contributed by atoms with van der Waals surface area (Å²) in [6.45, 7) is 1.42. The lowest BCUT2D eigenvalue weighted by Gasteiger charge is -2.30. The van der Waals surface area contributed by atoms with Gasteiger partial charge in [-0.2, -0.15) is 0 Å². The van der Waals surface area contributed by atoms with E-state index in [0.717, 1.165) is 36.3 Å². The average molecular weight is 344 g/mol. The van der Waals surface area contributed by atoms with Crippen LogP contribution >= 0.6 is 11.3 Å². The van der Waals surface area contributed by atoms with E-state index in [1.54, 1.807) is 18.4 Å². The molecule has 1 aromatic heterocycles. The Hall–Kier alpha value is -1.72. The Kier molecular flexibility index (Phi) is 5.63. The van der Waals surface area contributed by atoms with E-state index in [1.165, 1.54) is 4.70 Å². The van der Waals surface area contributed by atoms with E-state index in [0.29, 0.717) is 6.61 Å². The van der Waals surface area contributed by atoms with Gasteiger partial charge in [0.1, 0.15) is 0 Å². The summed E-state index contributed by atoms with van der Waals surface area (Å²) in [6.07, 6.45) is 6.88. The van der Waals surface area contributed by atoms with Crippen molar-refractivity contribution in [2.75, 3.05) is 27.3 Å². The molecule has 128 valence electrons. The predicted molar refractivity (Wildman–Crippen MR) is 98.4 cm³/mol. The molecule has 2 aromatic rings. The molecule has 0 saturated heterocycles. The summed E-state index contributed by atoms with van der Waals surface area (Å²) in [7, 11) is 3.59. The van der Waals surface area contributed by atoms with Crippen molar-refractivity contribution in [2.24, 2.45) is 5.92 Å². The molecule has 2 atom stereocenters. The fourth-order valence-electron chi connectivity index (χ4n) is 3.25. The van der Waals surface area contributed by atoms with Gasteiger partial charge in [0, 0.05) is 33.2 Å². The second-order valence-corrected chi connectivity index (χ2v) is 7.34. The van der Waals surface area contributed by atoms with E-state index in [9.17, 15) is 4.79 Å². The first-order valence-electron chi connectivity index (χ1n) is 8.45. The highest BCUT2D eigenvalue weighted by Crippen LogP contribution is 2.39. The lowest BCUT2D eigenvalue weighted by atomic mass is 9.82. The predicted octanol–water partition coefficient (Wildman–Crippen LogP) is 3.84. The minimum atomic E-state index is -0.0110. The van der Waals surface area contributed by atoms with E-state index in [-0.39, 0.29) is 17.7 Å². The van der Waals surface area contributed by atoms with Crippen LogP contribution in [0.2, 0.25) is 0 Å². The van der Waals surface area contributed by atoms with Gasteiger partial charge in [-0.15, -0.1) is 11.3 Å². The number of thiazole rings is 1. The van der Waals surface area contributed by atoms with Crippen molar-refractivity contribution < 1.29 is 9.53 Å². The minimum Gasteiger partial charge on any atom is -0.385 e. The topological polar surface area (TPSA) is 42.4 Å². The highest BCUT2D eigenvalue weighted by molar-refractivity contribution is 7.18. The monoisotopic (exact) mass is 344 g/mol. The largest absolute Gasteiger partial charge is 0.385 e. The molecular weight excluding hydrogens is 320 g/mol. The zero-order valence-corrected chi connectivity index (χ0v) is 15.1. The fraction of sp³-hybridized carbons (Fsp3) is 0.474. The van der Waals surface area contributed by atoms with Gasteiger partial charge in [0.15, 0.2) is 0 Å². The summed E-state index contributed by atoms with van der Waals surface area (Å²) in [5.74, 6) is 0.396. The Morgan fingerprint density at radius 3 is 2.92 bits per heavy atom. The number of carbonyl (C=O) groups is 1. The number of hydrogen-bond acceptors (Lipinski definition) is 4. The van der Waals surface area contributed by atoms with Gasteiger partial charge < -0.3 is 9.64 Å². The number of amides is 1. The van der Waals surface area contributed by atoms with Gasteiger partial charge in [0.2, 0.25) is 5.91 Å². The first-order valence-corrected chi connectivity index (χ1v) is 9.26. The van der Waals surface area contributed by atoms with Crippen molar-refractivity contribution in [3.05, 3.63) is 41.4 Å². The smallest absolute Gasteiger partial charge is 0.226 e. The number of nitrogens with zero attached hydrogens (tertiary/aromatic N) is 2. The summed E-state index contributed by atoms with van der Waals surface area (Å²) < 4.78 is 6.28. The standard InChI is InChI=1S/C19H24N2O2S/c1-21(12-7-13-23-2)19(22)15-9-4-3-8-14(15)18-20-16-10-5-6-11-17(16)24-18/h3-6,10-11,14-15H,7-9,12-13H2,1-2H3. The number of hydrogen-bond donors (Lipinski definition) is 0. The number of carbonyl (C=O) groups excluding carboxylic acids is 1. The van der Waals surface area contributed by atoms with Crippen LogP contribution in [0, 0.1) is 5.92 Å². The highest BCUT2D eigenvalue weighted by Gasteiger charge is 2.33. The number of para-hydroxylation sites is 1. The molecule has 0 bridgehead atoms. The van der Waals surface area contributed by atoms with E-state index < -0.39 is 0 Å². The maximum atomic E-state index is 12.9. The van der Waals surface area contributed by atoms with Crippen LogP contribution in [0.1, 0.15) is 30.2 Å². The molecule has 1 aliphatic rings. The molecule has 0 fully saturated rings. The normalized spacial score (nSPS) is 20.4. The molecule has 3 rings (SSSR count). The summed E-state index contributed by atoms with van der Waals surface area (Å²) in [4.78, 5) is 19.6. The summed E-state index contributed by atoms with van der Waals surface area (Å²) in [5.41, 5.74) is 1.03. The van der Waals surface area contributed by atoms with Gasteiger partial charge in [-0.3, -0.25) is 4.79 Å². The van der Waals surface area contributed by atoms with Crippen LogP contribution in [-0.2, 0) is 9.53 Å². The maximum absolute atomic E-state index is 12.9. The SMILES string of the molecule is COCCCN(C)C(=O)C1CC=CCC1c1nc2ccccc2s1. The molecule has 5 heteroatoms. The first kappa shape index (κ1) is 17.1. The van der Waals surface area contributed by atoms with Crippen molar-refractivity contribution in [3.8, 4) is 0 Å². The van der Waals surface area contributed by atoms with E-state index >= 15 is 0 Å². The van der Waals surface area contributed by atoms with Gasteiger partial charge in [-0.1, -0.05) is 24.3 Å². The van der Waals surface area contributed by atoms with E-state index in [4.69, 9.17) is 9.72 Å². The Bertz CT molecular complexity index is 692. The van der Waals surface area contributed by atoms with Crippen molar-refractivity contribution >= 4 is 27.5 Å². The Morgan fingerprint density at radius 2 is 2.12 bits per heavy atom. The van der Waals surface area contributed by atoms with Crippen LogP contribution in [0.15, 0.2) is 36.4 Å². The second-order valence-electron chi connectivity index (χ2n) is 6.28. The molecule has 1 amide bonds. The molecule has 0 N–H and O–H groups in total. The molecule has 2 unspecified atom stereocenters. The highest BCUT2D eigenvalue weighted by atomic mass is 32.1. The second kappa shape index (κ2) is 7.90. The minimum absolute atomic E-state index is 0.0110. The molecule has 1 aromatic carbocycles. The maximum Gasteiger partial charge on any atom is 0.226 e. The zero-order chi connectivity index (χ0) is 16.9. The quantitative estimate of drug-likeness (QED) is 0.591. The molecular formula is C19H24N2O2S. The Balaban J connectivity index is 1.78. The number of rotatable bonds is 6. The van der Waals surface area contributed by atoms with Crippen LogP contribution in [0.25, 0.3) is 10.2 Å². The van der Waals surface area contributed by atoms with Crippen LogP contribution in [-0.4, -0.2) is 43.1 Å². The third-order valence-corrected chi connectivity index (χ3v) is 5.76. The number of aromatic nitrogens is 1. The number of fused-ring (bicyclic) bond motifs is 1. The van der Waals surface area contributed by atoms with Crippen LogP contribution in [0.5, 0.6) is 0 Å².